The van der Waals surface area contributed by atoms with Gasteiger partial charge in [0, 0.05) is 6.42 Å². The highest BCUT2D eigenvalue weighted by atomic mass is 16.7. The molecule has 2 fully saturated rings. The maximum absolute atomic E-state index is 13.3. The molecule has 0 aromatic carbocycles. The molecular formula is C72H127NO13. The summed E-state index contributed by atoms with van der Waals surface area (Å²) in [6.07, 6.45) is 60.9. The van der Waals surface area contributed by atoms with Gasteiger partial charge in [-0.3, -0.25) is 4.79 Å². The van der Waals surface area contributed by atoms with E-state index in [1.165, 1.54) is 167 Å². The van der Waals surface area contributed by atoms with Crippen LogP contribution in [0.2, 0.25) is 0 Å². The van der Waals surface area contributed by atoms with E-state index >= 15 is 0 Å². The summed E-state index contributed by atoms with van der Waals surface area (Å²) >= 11 is 0. The minimum absolute atomic E-state index is 0.252. The van der Waals surface area contributed by atoms with Crippen molar-refractivity contribution in [2.24, 2.45) is 0 Å². The highest BCUT2D eigenvalue weighted by Crippen LogP contribution is 2.30. The second-order valence-corrected chi connectivity index (χ2v) is 24.3. The minimum Gasteiger partial charge on any atom is -0.394 e. The molecule has 0 bridgehead atoms. The molecule has 86 heavy (non-hydrogen) atoms. The van der Waals surface area contributed by atoms with Crippen LogP contribution in [0.15, 0.2) is 85.1 Å². The fourth-order valence-corrected chi connectivity index (χ4v) is 11.0. The smallest absolute Gasteiger partial charge is 0.220 e. The summed E-state index contributed by atoms with van der Waals surface area (Å²) in [5, 5.41) is 87.2. The van der Waals surface area contributed by atoms with E-state index in [1.807, 2.05) is 6.08 Å². The van der Waals surface area contributed by atoms with E-state index in [2.05, 4.69) is 92.1 Å². The zero-order valence-corrected chi connectivity index (χ0v) is 54.0. The number of rotatable bonds is 56. The number of ether oxygens (including phenoxy) is 4. The normalized spacial score (nSPS) is 23.9. The second kappa shape index (κ2) is 56.2. The van der Waals surface area contributed by atoms with E-state index < -0.39 is 86.8 Å². The van der Waals surface area contributed by atoms with Gasteiger partial charge in [0.25, 0.3) is 0 Å². The third kappa shape index (κ3) is 40.0. The number of aliphatic hydroxyl groups excluding tert-OH is 8. The van der Waals surface area contributed by atoms with Gasteiger partial charge >= 0.3 is 0 Å². The lowest BCUT2D eigenvalue weighted by Gasteiger charge is -2.46. The lowest BCUT2D eigenvalue weighted by molar-refractivity contribution is -0.359. The molecule has 14 nitrogen and oxygen atoms in total. The Morgan fingerprint density at radius 1 is 0.430 bits per heavy atom. The van der Waals surface area contributed by atoms with E-state index in [0.717, 1.165) is 70.6 Å². The molecule has 498 valence electrons. The molecule has 2 saturated heterocycles. The van der Waals surface area contributed by atoms with Crippen LogP contribution in [-0.4, -0.2) is 140 Å². The molecule has 2 aliphatic heterocycles. The van der Waals surface area contributed by atoms with Crippen molar-refractivity contribution in [2.75, 3.05) is 19.8 Å². The molecule has 12 unspecified atom stereocenters. The lowest BCUT2D eigenvalue weighted by Crippen LogP contribution is -2.65. The summed E-state index contributed by atoms with van der Waals surface area (Å²) in [5.74, 6) is -0.252. The number of hydrogen-bond donors (Lipinski definition) is 9. The topological polar surface area (TPSA) is 228 Å². The van der Waals surface area contributed by atoms with Crippen LogP contribution in [0.5, 0.6) is 0 Å². The molecule has 14 heteroatoms. The average molecular weight is 1210 g/mol. The summed E-state index contributed by atoms with van der Waals surface area (Å²) in [5.41, 5.74) is 0. The fourth-order valence-electron chi connectivity index (χ4n) is 11.0. The molecule has 2 rings (SSSR count). The van der Waals surface area contributed by atoms with E-state index in [0.29, 0.717) is 12.8 Å². The fraction of sp³-hybridized carbons (Fsp3) is 0.792. The Kier molecular flexibility index (Phi) is 51.8. The average Bonchev–Trinajstić information content (AvgIpc) is 1.83. The van der Waals surface area contributed by atoms with Gasteiger partial charge in [-0.1, -0.05) is 266 Å². The first-order valence-corrected chi connectivity index (χ1v) is 34.8. The van der Waals surface area contributed by atoms with Gasteiger partial charge in [0.05, 0.1) is 32.0 Å². The molecule has 0 spiro atoms. The zero-order valence-electron chi connectivity index (χ0n) is 54.0. The largest absolute Gasteiger partial charge is 0.394 e. The van der Waals surface area contributed by atoms with E-state index in [4.69, 9.17) is 18.9 Å². The van der Waals surface area contributed by atoms with Crippen molar-refractivity contribution in [3.05, 3.63) is 85.1 Å². The van der Waals surface area contributed by atoms with Gasteiger partial charge in [-0.2, -0.15) is 0 Å². The molecule has 2 aliphatic rings. The van der Waals surface area contributed by atoms with Gasteiger partial charge in [0.1, 0.15) is 48.8 Å². The van der Waals surface area contributed by atoms with Gasteiger partial charge in [-0.15, -0.1) is 0 Å². The number of carbonyl (C=O) groups is 1. The van der Waals surface area contributed by atoms with Crippen LogP contribution in [0.3, 0.4) is 0 Å². The molecule has 0 aromatic rings. The predicted molar refractivity (Wildman–Crippen MR) is 350 cm³/mol. The molecule has 0 aromatic heterocycles. The maximum atomic E-state index is 13.3. The Labute approximate surface area is 522 Å². The number of nitrogens with one attached hydrogen (secondary N) is 1. The summed E-state index contributed by atoms with van der Waals surface area (Å²) in [6.45, 7) is 2.65. The third-order valence-electron chi connectivity index (χ3n) is 16.5. The SMILES string of the molecule is CC/C=C\C/C=C\C/C=C\C/C=C\CCCCCCCCCCCCCCCCCCCCCCCCCCC(=O)NC(COC1OC(CO)C(OC2OC(CO)C(O)C(O)C2O)C(O)C1O)C(O)/C=C/CC/C=C/CC/C=C/CCCCCCC. The van der Waals surface area contributed by atoms with Gasteiger partial charge < -0.3 is 65.1 Å². The maximum Gasteiger partial charge on any atom is 0.220 e. The molecular weight excluding hydrogens is 1090 g/mol. The van der Waals surface area contributed by atoms with Crippen LogP contribution in [0.25, 0.3) is 0 Å². The Morgan fingerprint density at radius 2 is 0.814 bits per heavy atom. The van der Waals surface area contributed by atoms with Crippen molar-refractivity contribution < 1.29 is 64.6 Å². The van der Waals surface area contributed by atoms with Crippen molar-refractivity contribution in [3.63, 3.8) is 0 Å². The first-order valence-electron chi connectivity index (χ1n) is 34.8. The minimum atomic E-state index is -1.79. The molecule has 9 N–H and O–H groups in total. The van der Waals surface area contributed by atoms with Crippen molar-refractivity contribution >= 4 is 5.91 Å². The molecule has 0 saturated carbocycles. The second-order valence-electron chi connectivity index (χ2n) is 24.3. The highest BCUT2D eigenvalue weighted by molar-refractivity contribution is 5.76. The summed E-state index contributed by atoms with van der Waals surface area (Å²) in [7, 11) is 0. The van der Waals surface area contributed by atoms with Crippen molar-refractivity contribution in [2.45, 2.75) is 344 Å². The van der Waals surface area contributed by atoms with E-state index in [-0.39, 0.29) is 18.9 Å². The number of amides is 1. The number of unbranched alkanes of at least 4 members (excludes halogenated alkanes) is 31. The predicted octanol–water partition coefficient (Wildman–Crippen LogP) is 14.0. The molecule has 0 aliphatic carbocycles. The molecule has 0 radical (unpaired) electrons. The monoisotopic (exact) mass is 1210 g/mol. The van der Waals surface area contributed by atoms with Crippen LogP contribution < -0.4 is 5.32 Å². The third-order valence-corrected chi connectivity index (χ3v) is 16.5. The number of hydrogen-bond acceptors (Lipinski definition) is 13. The quantitative estimate of drug-likeness (QED) is 0.0204. The van der Waals surface area contributed by atoms with Crippen molar-refractivity contribution in [1.29, 1.82) is 0 Å². The van der Waals surface area contributed by atoms with Gasteiger partial charge in [-0.25, -0.2) is 0 Å². The number of carbonyl (C=O) groups excluding carboxylic acids is 1. The van der Waals surface area contributed by atoms with Gasteiger partial charge in [0.15, 0.2) is 12.6 Å². The van der Waals surface area contributed by atoms with Crippen molar-refractivity contribution in [3.8, 4) is 0 Å². The first kappa shape index (κ1) is 79.3. The van der Waals surface area contributed by atoms with Crippen LogP contribution in [0, 0.1) is 0 Å². The Balaban J connectivity index is 1.60. The Bertz CT molecular complexity index is 1770. The lowest BCUT2D eigenvalue weighted by atomic mass is 9.97. The summed E-state index contributed by atoms with van der Waals surface area (Å²) < 4.78 is 22.8. The Hall–Kier alpha value is -2.83. The van der Waals surface area contributed by atoms with Gasteiger partial charge in [-0.05, 0) is 83.5 Å². The van der Waals surface area contributed by atoms with Crippen LogP contribution >= 0.6 is 0 Å². The number of allylic oxidation sites excluding steroid dienone is 13. The zero-order chi connectivity index (χ0) is 62.3. The first-order chi connectivity index (χ1) is 42.1. The van der Waals surface area contributed by atoms with Gasteiger partial charge in [0.2, 0.25) is 5.91 Å². The molecule has 1 amide bonds. The molecule has 12 atom stereocenters. The standard InChI is InChI=1S/C72H127NO13/c1-3-5-7-9-11-13-15-17-19-20-21-22-23-24-25-26-27-28-29-30-31-32-33-34-35-36-37-38-39-40-42-44-46-48-50-52-54-56-64(77)73-60(61(76)55-53-51-49-47-45-43-41-18-16-14-12-10-8-6-4-2)59-83-71-69(82)67(80)70(63(58-75)85-71)86-72-68(81)66(79)65(78)62(57-74)84-72/h5,7,11,13,16-19,21-22,45,47,53,55,60-63,65-72,74-76,78-82H,3-4,6,8-10,12,14-15,20,23-44,46,48-52,54,56-59H2,1-2H3,(H,73,77)/b7-5-,13-11-,18-16+,19-17-,22-21-,47-45+,55-53+. The van der Waals surface area contributed by atoms with Crippen molar-refractivity contribution in [1.82, 2.24) is 5.32 Å². The van der Waals surface area contributed by atoms with Crippen LogP contribution in [-0.2, 0) is 23.7 Å². The summed E-state index contributed by atoms with van der Waals surface area (Å²) in [6, 6.07) is -0.939. The highest BCUT2D eigenvalue weighted by Gasteiger charge is 2.51. The van der Waals surface area contributed by atoms with E-state index in [9.17, 15) is 45.6 Å². The summed E-state index contributed by atoms with van der Waals surface area (Å²) in [4.78, 5) is 13.3. The molecule has 2 heterocycles. The Morgan fingerprint density at radius 3 is 1.28 bits per heavy atom. The van der Waals surface area contributed by atoms with Crippen LogP contribution in [0.1, 0.15) is 271 Å². The number of aliphatic hydroxyl groups is 8. The van der Waals surface area contributed by atoms with Crippen LogP contribution in [0.4, 0.5) is 0 Å². The van der Waals surface area contributed by atoms with E-state index in [1.54, 1.807) is 6.08 Å².